The van der Waals surface area contributed by atoms with Crippen LogP contribution >= 0.6 is 0 Å². The van der Waals surface area contributed by atoms with E-state index in [1.807, 2.05) is 29.2 Å². The maximum atomic E-state index is 12.4. The van der Waals surface area contributed by atoms with E-state index in [0.29, 0.717) is 12.5 Å². The van der Waals surface area contributed by atoms with Crippen LogP contribution in [0.25, 0.3) is 0 Å². The number of rotatable bonds is 6. The summed E-state index contributed by atoms with van der Waals surface area (Å²) in [5, 5.41) is 0. The van der Waals surface area contributed by atoms with Crippen LogP contribution in [0.2, 0.25) is 0 Å². The van der Waals surface area contributed by atoms with Crippen molar-refractivity contribution in [3.05, 3.63) is 60.2 Å². The smallest absolute Gasteiger partial charge is 0.222 e. The first-order valence-corrected chi connectivity index (χ1v) is 8.50. The second kappa shape index (κ2) is 8.02. The first-order valence-electron chi connectivity index (χ1n) is 8.50. The first kappa shape index (κ1) is 16.6. The third-order valence-electron chi connectivity index (χ3n) is 4.62. The number of carbonyl (C=O) groups is 1. The van der Waals surface area contributed by atoms with Gasteiger partial charge in [0.25, 0.3) is 0 Å². The van der Waals surface area contributed by atoms with E-state index in [4.69, 9.17) is 0 Å². The van der Waals surface area contributed by atoms with Gasteiger partial charge in [-0.15, -0.1) is 0 Å². The van der Waals surface area contributed by atoms with Gasteiger partial charge < -0.3 is 4.90 Å². The van der Waals surface area contributed by atoms with Gasteiger partial charge >= 0.3 is 0 Å². The van der Waals surface area contributed by atoms with Gasteiger partial charge in [-0.25, -0.2) is 9.97 Å². The molecule has 1 atom stereocenters. The fourth-order valence-electron chi connectivity index (χ4n) is 3.15. The van der Waals surface area contributed by atoms with E-state index in [-0.39, 0.29) is 5.91 Å². The van der Waals surface area contributed by atoms with E-state index in [0.717, 1.165) is 38.3 Å². The number of likely N-dealkylation sites (tertiary alicyclic amines) is 1. The molecule has 1 aromatic carbocycles. The van der Waals surface area contributed by atoms with E-state index in [9.17, 15) is 4.79 Å². The molecule has 1 aliphatic heterocycles. The summed E-state index contributed by atoms with van der Waals surface area (Å²) in [5.74, 6) is 1.08. The van der Waals surface area contributed by atoms with Gasteiger partial charge in [-0.2, -0.15) is 0 Å². The Morgan fingerprint density at radius 3 is 2.71 bits per heavy atom. The van der Waals surface area contributed by atoms with E-state index < -0.39 is 0 Å². The van der Waals surface area contributed by atoms with Crippen LogP contribution in [0.15, 0.2) is 48.8 Å². The van der Waals surface area contributed by atoms with Crippen LogP contribution in [0, 0.1) is 0 Å². The summed E-state index contributed by atoms with van der Waals surface area (Å²) < 4.78 is 0. The molecule has 1 saturated heterocycles. The lowest BCUT2D eigenvalue weighted by atomic mass is 10.1. The Balaban J connectivity index is 1.46. The van der Waals surface area contributed by atoms with Crippen molar-refractivity contribution in [1.82, 2.24) is 19.8 Å². The molecule has 1 amide bonds. The summed E-state index contributed by atoms with van der Waals surface area (Å²) in [6.07, 6.45) is 5.95. The van der Waals surface area contributed by atoms with Gasteiger partial charge in [-0.1, -0.05) is 30.3 Å². The van der Waals surface area contributed by atoms with Crippen LogP contribution in [0.1, 0.15) is 24.2 Å². The van der Waals surface area contributed by atoms with Crippen molar-refractivity contribution in [2.24, 2.45) is 0 Å². The third kappa shape index (κ3) is 4.38. The molecule has 2 aromatic rings. The summed E-state index contributed by atoms with van der Waals surface area (Å²) in [4.78, 5) is 25.2. The van der Waals surface area contributed by atoms with E-state index in [1.165, 1.54) is 5.56 Å². The Morgan fingerprint density at radius 2 is 1.96 bits per heavy atom. The summed E-state index contributed by atoms with van der Waals surface area (Å²) in [5.41, 5.74) is 1.22. The quantitative estimate of drug-likeness (QED) is 0.817. The predicted octanol–water partition coefficient (Wildman–Crippen LogP) is 2.14. The average Bonchev–Trinajstić information content (AvgIpc) is 3.12. The Bertz CT molecular complexity index is 647. The van der Waals surface area contributed by atoms with Gasteiger partial charge in [0.2, 0.25) is 5.91 Å². The van der Waals surface area contributed by atoms with Crippen molar-refractivity contribution < 1.29 is 4.79 Å². The lowest BCUT2D eigenvalue weighted by Crippen LogP contribution is -2.36. The van der Waals surface area contributed by atoms with Crippen molar-refractivity contribution in [2.75, 3.05) is 20.1 Å². The number of hydrogen-bond donors (Lipinski definition) is 0. The maximum Gasteiger partial charge on any atom is 0.222 e. The molecule has 5 nitrogen and oxygen atoms in total. The van der Waals surface area contributed by atoms with Crippen LogP contribution in [-0.2, 0) is 17.8 Å². The second-order valence-electron chi connectivity index (χ2n) is 6.35. The molecule has 2 heterocycles. The van der Waals surface area contributed by atoms with Crippen LogP contribution in [0.4, 0.5) is 0 Å². The molecule has 1 aliphatic rings. The van der Waals surface area contributed by atoms with Crippen LogP contribution in [0.5, 0.6) is 0 Å². The second-order valence-corrected chi connectivity index (χ2v) is 6.35. The Morgan fingerprint density at radius 1 is 1.21 bits per heavy atom. The van der Waals surface area contributed by atoms with Gasteiger partial charge in [0.15, 0.2) is 0 Å². The molecule has 0 spiro atoms. The summed E-state index contributed by atoms with van der Waals surface area (Å²) in [6.45, 7) is 2.37. The average molecular weight is 324 g/mol. The van der Waals surface area contributed by atoms with Crippen molar-refractivity contribution in [1.29, 1.82) is 0 Å². The zero-order valence-electron chi connectivity index (χ0n) is 14.1. The molecule has 0 radical (unpaired) electrons. The molecular weight excluding hydrogens is 300 g/mol. The highest BCUT2D eigenvalue weighted by Gasteiger charge is 2.28. The highest BCUT2D eigenvalue weighted by atomic mass is 16.2. The number of aromatic nitrogens is 2. The summed E-state index contributed by atoms with van der Waals surface area (Å²) >= 11 is 0. The minimum atomic E-state index is 0.255. The lowest BCUT2D eigenvalue weighted by molar-refractivity contribution is -0.130. The van der Waals surface area contributed by atoms with Gasteiger partial charge in [-0.05, 0) is 31.5 Å². The SMILES string of the molecule is CN(Cc1ncccn1)[C@H]1CCN(C(=O)CCc2ccccc2)C1. The highest BCUT2D eigenvalue weighted by molar-refractivity contribution is 5.76. The number of amides is 1. The van der Waals surface area contributed by atoms with Crippen LogP contribution in [0.3, 0.4) is 0 Å². The van der Waals surface area contributed by atoms with Gasteiger partial charge in [0.05, 0.1) is 6.54 Å². The Labute approximate surface area is 143 Å². The monoisotopic (exact) mass is 324 g/mol. The van der Waals surface area contributed by atoms with Crippen molar-refractivity contribution >= 4 is 5.91 Å². The molecule has 0 saturated carbocycles. The van der Waals surface area contributed by atoms with E-state index in [2.05, 4.69) is 34.0 Å². The topological polar surface area (TPSA) is 49.3 Å². The molecule has 0 aliphatic carbocycles. The number of benzene rings is 1. The number of likely N-dealkylation sites (N-methyl/N-ethyl adjacent to an activating group) is 1. The zero-order valence-corrected chi connectivity index (χ0v) is 14.1. The van der Waals surface area contributed by atoms with Crippen LogP contribution in [-0.4, -0.2) is 51.9 Å². The molecule has 3 rings (SSSR count). The van der Waals surface area contributed by atoms with Crippen molar-refractivity contribution in [3.63, 3.8) is 0 Å². The molecule has 0 bridgehead atoms. The first-order chi connectivity index (χ1) is 11.7. The zero-order chi connectivity index (χ0) is 16.8. The van der Waals surface area contributed by atoms with Gasteiger partial charge in [-0.3, -0.25) is 9.69 Å². The van der Waals surface area contributed by atoms with Crippen LogP contribution < -0.4 is 0 Å². The van der Waals surface area contributed by atoms with Crippen molar-refractivity contribution in [2.45, 2.75) is 31.8 Å². The van der Waals surface area contributed by atoms with E-state index >= 15 is 0 Å². The van der Waals surface area contributed by atoms with Crippen molar-refractivity contribution in [3.8, 4) is 0 Å². The summed E-state index contributed by atoms with van der Waals surface area (Å²) in [6, 6.07) is 12.4. The largest absolute Gasteiger partial charge is 0.341 e. The maximum absolute atomic E-state index is 12.4. The third-order valence-corrected chi connectivity index (χ3v) is 4.62. The molecule has 0 unspecified atom stereocenters. The Hall–Kier alpha value is -2.27. The molecule has 24 heavy (non-hydrogen) atoms. The molecule has 5 heteroatoms. The Kier molecular flexibility index (Phi) is 5.54. The normalized spacial score (nSPS) is 17.4. The minimum absolute atomic E-state index is 0.255. The molecular formula is C19H24N4O. The number of nitrogens with zero attached hydrogens (tertiary/aromatic N) is 4. The lowest BCUT2D eigenvalue weighted by Gasteiger charge is -2.24. The van der Waals surface area contributed by atoms with Gasteiger partial charge in [0, 0.05) is 37.9 Å². The summed E-state index contributed by atoms with van der Waals surface area (Å²) in [7, 11) is 2.08. The number of aryl methyl sites for hydroxylation is 1. The minimum Gasteiger partial charge on any atom is -0.341 e. The van der Waals surface area contributed by atoms with Gasteiger partial charge in [0.1, 0.15) is 5.82 Å². The molecule has 126 valence electrons. The molecule has 1 fully saturated rings. The predicted molar refractivity (Wildman–Crippen MR) is 93.2 cm³/mol. The highest BCUT2D eigenvalue weighted by Crippen LogP contribution is 2.17. The van der Waals surface area contributed by atoms with E-state index in [1.54, 1.807) is 12.4 Å². The molecule has 0 N–H and O–H groups in total. The number of hydrogen-bond acceptors (Lipinski definition) is 4. The number of carbonyl (C=O) groups excluding carboxylic acids is 1. The molecule has 1 aromatic heterocycles. The fourth-order valence-corrected chi connectivity index (χ4v) is 3.15. The fraction of sp³-hybridized carbons (Fsp3) is 0.421. The standard InChI is InChI=1S/C19H24N4O/c1-22(15-18-20-11-5-12-21-18)17-10-13-23(14-17)19(24)9-8-16-6-3-2-4-7-16/h2-7,11-12,17H,8-10,13-15H2,1H3/t17-/m0/s1.